The van der Waals surface area contributed by atoms with E-state index in [-0.39, 0.29) is 21.0 Å². The molecule has 0 saturated heterocycles. The van der Waals surface area contributed by atoms with Crippen LogP contribution in [0.1, 0.15) is 0 Å². The summed E-state index contributed by atoms with van der Waals surface area (Å²) < 4.78 is 0. The highest BCUT2D eigenvalue weighted by atomic mass is 33.2. The van der Waals surface area contributed by atoms with Gasteiger partial charge in [-0.15, -0.1) is 35.7 Å². The summed E-state index contributed by atoms with van der Waals surface area (Å²) in [6.07, 6.45) is 0. The Morgan fingerprint density at radius 2 is 1.33 bits per heavy atom. The highest BCUT2D eigenvalue weighted by Gasteiger charge is 2.14. The van der Waals surface area contributed by atoms with Crippen LogP contribution in [0.5, 0.6) is 0 Å². The van der Waals surface area contributed by atoms with Gasteiger partial charge in [-0.25, -0.2) is 0 Å². The van der Waals surface area contributed by atoms with Gasteiger partial charge in [0.25, 0.3) is 0 Å². The Hall–Kier alpha value is 3.53. The molecule has 0 nitrogen and oxygen atoms in total. The summed E-state index contributed by atoms with van der Waals surface area (Å²) in [7, 11) is 12.6. The smallest absolute Gasteiger partial charge is 0.0243 e. The van der Waals surface area contributed by atoms with E-state index in [0.717, 1.165) is 0 Å². The highest BCUT2D eigenvalue weighted by Crippen LogP contribution is 3.01. The average molecular weight is 288 g/mol. The molecule has 0 spiro atoms. The monoisotopic (exact) mass is 288 g/mol. The standard InChI is InChI=1S/H8P8S/c1-6(2)8(5-9)7(3)4/h1-4H2. The summed E-state index contributed by atoms with van der Waals surface area (Å²) in [4.78, 5) is 0. The van der Waals surface area contributed by atoms with Crippen molar-refractivity contribution >= 4 is 75.5 Å². The van der Waals surface area contributed by atoms with Crippen molar-refractivity contribution in [1.82, 2.24) is 0 Å². The number of hydrogen-bond acceptors (Lipinski definition) is 1. The summed E-state index contributed by atoms with van der Waals surface area (Å²) in [6.45, 7) is 0.223. The van der Waals surface area contributed by atoms with Gasteiger partial charge in [-0.3, -0.25) is 0 Å². The van der Waals surface area contributed by atoms with Crippen LogP contribution in [0.3, 0.4) is 0 Å². The lowest BCUT2D eigenvalue weighted by molar-refractivity contribution is 4.77. The van der Waals surface area contributed by atoms with Crippen molar-refractivity contribution in [2.45, 2.75) is 0 Å². The van der Waals surface area contributed by atoms with Gasteiger partial charge in [0.2, 0.25) is 0 Å². The van der Waals surface area contributed by atoms with Crippen molar-refractivity contribution in [3.8, 4) is 0 Å². The molecule has 4 unspecified atom stereocenters. The second-order valence-corrected chi connectivity index (χ2v) is 30.0. The van der Waals surface area contributed by atoms with Gasteiger partial charge in [0, 0.05) is 14.0 Å². The van der Waals surface area contributed by atoms with Crippen LogP contribution in [-0.2, 0) is 11.8 Å². The number of hydrogen-bond donors (Lipinski definition) is 0. The summed E-state index contributed by atoms with van der Waals surface area (Å²) in [5.74, 6) is 0. The Balaban J connectivity index is 3.82. The minimum absolute atomic E-state index is 0.0653. The maximum atomic E-state index is 5.01. The van der Waals surface area contributed by atoms with Crippen molar-refractivity contribution in [2.75, 3.05) is 0 Å². The second-order valence-electron chi connectivity index (χ2n) is 1.11. The largest absolute Gasteiger partial charge is 0.102 e. The predicted octanol–water partition coefficient (Wildman–Crippen LogP) is 4.75. The fourth-order valence-corrected chi connectivity index (χ4v) is 49.5. The molecule has 54 valence electrons. The third-order valence-electron chi connectivity index (χ3n) is 0.486. The zero-order valence-corrected chi connectivity index (χ0v) is 13.5. The van der Waals surface area contributed by atoms with Crippen molar-refractivity contribution in [3.05, 3.63) is 0 Å². The van der Waals surface area contributed by atoms with Crippen molar-refractivity contribution < 1.29 is 0 Å². The van der Waals surface area contributed by atoms with Gasteiger partial charge in [0.1, 0.15) is 0 Å². The molecule has 0 heterocycles. The third kappa shape index (κ3) is 5.72. The summed E-state index contributed by atoms with van der Waals surface area (Å²) >= 11 is 5.01. The van der Waals surface area contributed by atoms with E-state index in [9.17, 15) is 0 Å². The molecular weight excluding hydrogens is 280 g/mol. The van der Waals surface area contributed by atoms with Crippen LogP contribution in [-0.4, -0.2) is 0 Å². The van der Waals surface area contributed by atoms with Crippen LogP contribution in [0, 0.1) is 0 Å². The van der Waals surface area contributed by atoms with Crippen molar-refractivity contribution in [3.63, 3.8) is 0 Å². The quantitative estimate of drug-likeness (QED) is 0.675. The molecule has 0 fully saturated rings. The lowest BCUT2D eigenvalue weighted by Crippen LogP contribution is -1.30. The van der Waals surface area contributed by atoms with E-state index >= 15 is 0 Å². The molecule has 0 aliphatic carbocycles. The van der Waals surface area contributed by atoms with E-state index in [1.54, 1.807) is 0 Å². The maximum absolute atomic E-state index is 5.01. The summed E-state index contributed by atoms with van der Waals surface area (Å²) in [5.41, 5.74) is 0. The molecular formula is H8P8S. The van der Waals surface area contributed by atoms with E-state index in [4.69, 9.17) is 11.8 Å². The van der Waals surface area contributed by atoms with Gasteiger partial charge < -0.3 is 0 Å². The number of rotatable bonds is 3. The SMILES string of the molecule is PP(P)P(P=S)P(P)P. The first-order valence-corrected chi connectivity index (χ1v) is 16.3. The van der Waals surface area contributed by atoms with E-state index < -0.39 is 0 Å². The van der Waals surface area contributed by atoms with E-state index in [2.05, 4.69) is 35.7 Å². The van der Waals surface area contributed by atoms with Gasteiger partial charge >= 0.3 is 0 Å². The summed E-state index contributed by atoms with van der Waals surface area (Å²) in [6, 6.07) is 0. The van der Waals surface area contributed by atoms with E-state index in [0.29, 0.717) is 0 Å². The fourth-order valence-electron chi connectivity index (χ4n) is 0.204. The topological polar surface area (TPSA) is 0 Å². The molecule has 4 atom stereocenters. The van der Waals surface area contributed by atoms with Gasteiger partial charge in [-0.05, 0) is 14.0 Å². The van der Waals surface area contributed by atoms with Gasteiger partial charge in [-0.1, -0.05) is 11.8 Å². The fraction of sp³-hybridized carbons (Fsp3) is 0. The lowest BCUT2D eigenvalue weighted by atomic mass is 28.8. The minimum Gasteiger partial charge on any atom is -0.102 e. The van der Waals surface area contributed by atoms with Crippen molar-refractivity contribution in [1.29, 1.82) is 0 Å². The van der Waals surface area contributed by atoms with Crippen LogP contribution in [0.2, 0.25) is 0 Å². The molecule has 0 aromatic heterocycles. The highest BCUT2D eigenvalue weighted by molar-refractivity contribution is 9.08. The van der Waals surface area contributed by atoms with Crippen LogP contribution >= 0.6 is 63.7 Å². The molecule has 0 radical (unpaired) electrons. The van der Waals surface area contributed by atoms with Gasteiger partial charge in [0.15, 0.2) is 0 Å². The summed E-state index contributed by atoms with van der Waals surface area (Å²) in [5, 5.41) is 0. The Morgan fingerprint density at radius 3 is 1.33 bits per heavy atom. The molecule has 0 bridgehead atoms. The molecule has 0 aromatic rings. The van der Waals surface area contributed by atoms with Crippen LogP contribution in [0.15, 0.2) is 0 Å². The van der Waals surface area contributed by atoms with Gasteiger partial charge in [0.05, 0.1) is 0 Å². The minimum atomic E-state index is 0.0653. The van der Waals surface area contributed by atoms with Crippen LogP contribution < -0.4 is 0 Å². The predicted molar refractivity (Wildman–Crippen MR) is 73.9 cm³/mol. The maximum Gasteiger partial charge on any atom is 0.0243 e. The first-order chi connectivity index (χ1) is 4.09. The first kappa shape index (κ1) is 12.5. The first-order valence-electron chi connectivity index (χ1n) is 1.82. The van der Waals surface area contributed by atoms with Crippen LogP contribution in [0.25, 0.3) is 0 Å². The molecule has 0 aromatic carbocycles. The molecule has 9 heavy (non-hydrogen) atoms. The molecule has 9 heteroatoms. The molecule has 0 aliphatic rings. The Morgan fingerprint density at radius 1 is 1.00 bits per heavy atom. The molecule has 0 N–H and O–H groups in total. The zero-order valence-electron chi connectivity index (χ0n) is 4.51. The molecule has 0 aliphatic heterocycles. The van der Waals surface area contributed by atoms with E-state index in [1.165, 1.54) is 7.04 Å². The van der Waals surface area contributed by atoms with Crippen LogP contribution in [0.4, 0.5) is 0 Å². The Bertz CT molecular complexity index is 76.6. The molecule has 0 saturated carbocycles. The third-order valence-corrected chi connectivity index (χ3v) is 39.4. The lowest BCUT2D eigenvalue weighted by Gasteiger charge is -2.18. The normalized spacial score (nSPS) is 12.3. The van der Waals surface area contributed by atoms with Crippen molar-refractivity contribution in [2.24, 2.45) is 0 Å². The van der Waals surface area contributed by atoms with E-state index in [1.807, 2.05) is 0 Å². The Kier molecular flexibility index (Phi) is 9.72. The Labute approximate surface area is 75.4 Å². The molecule has 0 rings (SSSR count). The average Bonchev–Trinajstić information content (AvgIpc) is 1.64. The van der Waals surface area contributed by atoms with Gasteiger partial charge in [-0.2, -0.15) is 0 Å². The zero-order chi connectivity index (χ0) is 7.44. The second kappa shape index (κ2) is 6.98. The molecule has 0 amide bonds.